The number of benzene rings is 1. The van der Waals surface area contributed by atoms with Gasteiger partial charge in [-0.3, -0.25) is 4.79 Å². The Morgan fingerprint density at radius 1 is 1.32 bits per heavy atom. The van der Waals surface area contributed by atoms with Gasteiger partial charge in [-0.05, 0) is 24.0 Å². The molecule has 3 nitrogen and oxygen atoms in total. The zero-order valence-electron chi connectivity index (χ0n) is 11.6. The Labute approximate surface area is 123 Å². The minimum atomic E-state index is 0.0404. The maximum Gasteiger partial charge on any atom is 0.223 e. The van der Waals surface area contributed by atoms with Crippen LogP contribution in [0.4, 0.5) is 0 Å². The van der Waals surface area contributed by atoms with Crippen LogP contribution in [0, 0.1) is 5.41 Å². The summed E-state index contributed by atoms with van der Waals surface area (Å²) >= 11 is 3.43. The van der Waals surface area contributed by atoms with Gasteiger partial charge >= 0.3 is 0 Å². The number of ether oxygens (including phenoxy) is 1. The van der Waals surface area contributed by atoms with Crippen LogP contribution in [-0.4, -0.2) is 24.4 Å². The smallest absolute Gasteiger partial charge is 0.223 e. The molecule has 19 heavy (non-hydrogen) atoms. The van der Waals surface area contributed by atoms with E-state index < -0.39 is 0 Å². The van der Waals surface area contributed by atoms with Crippen molar-refractivity contribution in [2.75, 3.05) is 18.5 Å². The highest BCUT2D eigenvalue weighted by Crippen LogP contribution is 2.19. The number of hydrogen-bond donors (Lipinski definition) is 1. The minimum absolute atomic E-state index is 0.0404. The molecule has 0 aliphatic heterocycles. The van der Waals surface area contributed by atoms with Crippen LogP contribution >= 0.6 is 15.9 Å². The lowest BCUT2D eigenvalue weighted by Gasteiger charge is -2.23. The average molecular weight is 328 g/mol. The quantitative estimate of drug-likeness (QED) is 0.743. The lowest BCUT2D eigenvalue weighted by molar-refractivity contribution is -0.122. The molecule has 1 aromatic rings. The third-order valence-electron chi connectivity index (χ3n) is 2.88. The molecule has 0 bridgehead atoms. The number of hydrogen-bond acceptors (Lipinski definition) is 2. The summed E-state index contributed by atoms with van der Waals surface area (Å²) < 4.78 is 5.49. The standard InChI is InChI=1S/C15H22BrNO2/c1-15(2,9-10-16)12-17-14(18)8-11-19-13-6-4-3-5-7-13/h3-7H,8-12H2,1-2H3,(H,17,18). The lowest BCUT2D eigenvalue weighted by Crippen LogP contribution is -2.34. The van der Waals surface area contributed by atoms with Gasteiger partial charge in [-0.1, -0.05) is 48.0 Å². The summed E-state index contributed by atoms with van der Waals surface area (Å²) in [6.45, 7) is 5.40. The van der Waals surface area contributed by atoms with Gasteiger partial charge in [0.1, 0.15) is 5.75 Å². The summed E-state index contributed by atoms with van der Waals surface area (Å²) in [5.41, 5.74) is 0.124. The van der Waals surface area contributed by atoms with E-state index in [0.717, 1.165) is 17.5 Å². The molecule has 0 unspecified atom stereocenters. The minimum Gasteiger partial charge on any atom is -0.493 e. The normalized spacial score (nSPS) is 11.1. The van der Waals surface area contributed by atoms with E-state index in [1.165, 1.54) is 0 Å². The SMILES string of the molecule is CC(C)(CCBr)CNC(=O)CCOc1ccccc1. The van der Waals surface area contributed by atoms with Crippen LogP contribution in [0.5, 0.6) is 5.75 Å². The summed E-state index contributed by atoms with van der Waals surface area (Å²) in [6, 6.07) is 9.54. The number of nitrogens with one attached hydrogen (secondary N) is 1. The molecule has 0 saturated heterocycles. The lowest BCUT2D eigenvalue weighted by atomic mass is 9.90. The number of carbonyl (C=O) groups is 1. The molecule has 1 N–H and O–H groups in total. The highest BCUT2D eigenvalue weighted by molar-refractivity contribution is 9.09. The molecule has 0 atom stereocenters. The molecule has 0 radical (unpaired) electrons. The molecule has 1 aromatic carbocycles. The summed E-state index contributed by atoms with van der Waals surface area (Å²) in [7, 11) is 0. The second-order valence-corrected chi connectivity index (χ2v) is 6.08. The summed E-state index contributed by atoms with van der Waals surface area (Å²) in [5, 5.41) is 3.91. The highest BCUT2D eigenvalue weighted by Gasteiger charge is 2.17. The third kappa shape index (κ3) is 7.21. The van der Waals surface area contributed by atoms with Gasteiger partial charge in [-0.15, -0.1) is 0 Å². The Hall–Kier alpha value is -1.03. The van der Waals surface area contributed by atoms with Crippen LogP contribution in [0.2, 0.25) is 0 Å². The van der Waals surface area contributed by atoms with Crippen molar-refractivity contribution in [1.82, 2.24) is 5.32 Å². The predicted molar refractivity (Wildman–Crippen MR) is 81.8 cm³/mol. The topological polar surface area (TPSA) is 38.3 Å². The second-order valence-electron chi connectivity index (χ2n) is 5.29. The number of rotatable bonds is 8. The molecular formula is C15H22BrNO2. The Balaban J connectivity index is 2.18. The Morgan fingerprint density at radius 2 is 2.00 bits per heavy atom. The van der Waals surface area contributed by atoms with Crippen molar-refractivity contribution in [3.63, 3.8) is 0 Å². The van der Waals surface area contributed by atoms with Crippen LogP contribution in [-0.2, 0) is 4.79 Å². The highest BCUT2D eigenvalue weighted by atomic mass is 79.9. The summed E-state index contributed by atoms with van der Waals surface area (Å²) in [4.78, 5) is 11.7. The maximum absolute atomic E-state index is 11.7. The van der Waals surface area contributed by atoms with Crippen molar-refractivity contribution in [1.29, 1.82) is 0 Å². The van der Waals surface area contributed by atoms with Crippen molar-refractivity contribution < 1.29 is 9.53 Å². The number of halogens is 1. The first-order valence-corrected chi connectivity index (χ1v) is 7.66. The fourth-order valence-electron chi connectivity index (χ4n) is 1.55. The van der Waals surface area contributed by atoms with E-state index >= 15 is 0 Å². The van der Waals surface area contributed by atoms with Gasteiger partial charge in [0.2, 0.25) is 5.91 Å². The first-order chi connectivity index (χ1) is 9.03. The largest absolute Gasteiger partial charge is 0.493 e. The Morgan fingerprint density at radius 3 is 2.63 bits per heavy atom. The van der Waals surface area contributed by atoms with Crippen LogP contribution < -0.4 is 10.1 Å². The zero-order chi connectivity index (χ0) is 14.1. The molecule has 0 aliphatic carbocycles. The third-order valence-corrected chi connectivity index (χ3v) is 3.27. The first-order valence-electron chi connectivity index (χ1n) is 6.54. The zero-order valence-corrected chi connectivity index (χ0v) is 13.2. The Bertz CT molecular complexity index is 379. The number of para-hydroxylation sites is 1. The van der Waals surface area contributed by atoms with Gasteiger partial charge in [0, 0.05) is 11.9 Å². The van der Waals surface area contributed by atoms with E-state index in [9.17, 15) is 4.79 Å². The Kier molecular flexibility index (Phi) is 6.92. The number of carbonyl (C=O) groups excluding carboxylic acids is 1. The van der Waals surface area contributed by atoms with Gasteiger partial charge in [-0.25, -0.2) is 0 Å². The first kappa shape index (κ1) is 16.0. The monoisotopic (exact) mass is 327 g/mol. The molecule has 1 rings (SSSR count). The fourth-order valence-corrected chi connectivity index (χ4v) is 2.62. The van der Waals surface area contributed by atoms with Crippen LogP contribution in [0.1, 0.15) is 26.7 Å². The van der Waals surface area contributed by atoms with Crippen molar-refractivity contribution in [3.05, 3.63) is 30.3 Å². The predicted octanol–water partition coefficient (Wildman–Crippen LogP) is 3.38. The van der Waals surface area contributed by atoms with Crippen molar-refractivity contribution in [2.24, 2.45) is 5.41 Å². The molecular weight excluding hydrogens is 306 g/mol. The van der Waals surface area contributed by atoms with Gasteiger partial charge < -0.3 is 10.1 Å². The van der Waals surface area contributed by atoms with Crippen LogP contribution in [0.3, 0.4) is 0 Å². The van der Waals surface area contributed by atoms with Gasteiger partial charge in [-0.2, -0.15) is 0 Å². The molecule has 1 amide bonds. The molecule has 0 aromatic heterocycles. The maximum atomic E-state index is 11.7. The van der Waals surface area contributed by atoms with Crippen molar-refractivity contribution >= 4 is 21.8 Å². The van der Waals surface area contributed by atoms with Crippen LogP contribution in [0.25, 0.3) is 0 Å². The number of alkyl halides is 1. The van der Waals surface area contributed by atoms with Gasteiger partial charge in [0.25, 0.3) is 0 Å². The molecule has 0 heterocycles. The summed E-state index contributed by atoms with van der Waals surface area (Å²) in [6.07, 6.45) is 1.42. The van der Waals surface area contributed by atoms with Gasteiger partial charge in [0.15, 0.2) is 0 Å². The molecule has 0 spiro atoms. The number of amides is 1. The molecule has 0 saturated carbocycles. The van der Waals surface area contributed by atoms with E-state index in [0.29, 0.717) is 19.6 Å². The van der Waals surface area contributed by atoms with Crippen LogP contribution in [0.15, 0.2) is 30.3 Å². The molecule has 0 aliphatic rings. The second kappa shape index (κ2) is 8.20. The molecule has 4 heteroatoms. The molecule has 106 valence electrons. The van der Waals surface area contributed by atoms with E-state index in [2.05, 4.69) is 35.1 Å². The van der Waals surface area contributed by atoms with E-state index in [1.54, 1.807) is 0 Å². The summed E-state index contributed by atoms with van der Waals surface area (Å²) in [5.74, 6) is 0.841. The average Bonchev–Trinajstić information content (AvgIpc) is 2.38. The van der Waals surface area contributed by atoms with Gasteiger partial charge in [0.05, 0.1) is 13.0 Å². The van der Waals surface area contributed by atoms with E-state index in [1.807, 2.05) is 30.3 Å². The molecule has 0 fully saturated rings. The van der Waals surface area contributed by atoms with Crippen molar-refractivity contribution in [2.45, 2.75) is 26.7 Å². The van der Waals surface area contributed by atoms with E-state index in [4.69, 9.17) is 4.74 Å². The van der Waals surface area contributed by atoms with E-state index in [-0.39, 0.29) is 11.3 Å². The van der Waals surface area contributed by atoms with Crippen molar-refractivity contribution in [3.8, 4) is 5.75 Å². The fraction of sp³-hybridized carbons (Fsp3) is 0.533.